The Bertz CT molecular complexity index is 359. The molecule has 1 atom stereocenters. The van der Waals surface area contributed by atoms with Crippen molar-refractivity contribution in [2.75, 3.05) is 0 Å². The van der Waals surface area contributed by atoms with Gasteiger partial charge in [-0.1, -0.05) is 30.3 Å². The Morgan fingerprint density at radius 2 is 1.78 bits per heavy atom. The van der Waals surface area contributed by atoms with Crippen molar-refractivity contribution in [3.8, 4) is 0 Å². The van der Waals surface area contributed by atoms with Crippen molar-refractivity contribution >= 4 is 40.2 Å². The van der Waals surface area contributed by atoms with Crippen molar-refractivity contribution in [3.05, 3.63) is 35.9 Å². The van der Waals surface area contributed by atoms with Crippen LogP contribution in [-0.4, -0.2) is 17.9 Å². The van der Waals surface area contributed by atoms with Crippen LogP contribution in [0.25, 0.3) is 0 Å². The molecule has 0 aromatic heterocycles. The minimum absolute atomic E-state index is 0.482. The monoisotopic (exact) mass is 396 g/mol. The lowest BCUT2D eigenvalue weighted by atomic mass is 10.1. The number of rotatable bonds is 6. The molecule has 0 radical (unpaired) electrons. The third-order valence-corrected chi connectivity index (χ3v) is 4.41. The van der Waals surface area contributed by atoms with Gasteiger partial charge in [-0.15, -0.1) is 0 Å². The standard InChI is InChI=1S/C13H19Br2FOSi/c1-18(2,3)17-12(13(14,15)16)10-9-11-7-5-4-6-8-11/h4-8,12H,9-10H2,1-3H3. The smallest absolute Gasteiger partial charge is 0.243 e. The molecule has 1 aromatic carbocycles. The maximum atomic E-state index is 14.0. The van der Waals surface area contributed by atoms with Crippen molar-refractivity contribution in [1.82, 2.24) is 0 Å². The molecule has 0 aliphatic carbocycles. The number of halogens is 3. The molecule has 0 fully saturated rings. The predicted molar refractivity (Wildman–Crippen MR) is 84.7 cm³/mol. The van der Waals surface area contributed by atoms with Crippen LogP contribution in [0.2, 0.25) is 19.6 Å². The summed E-state index contributed by atoms with van der Waals surface area (Å²) >= 11 is 6.04. The first-order chi connectivity index (χ1) is 8.18. The zero-order valence-corrected chi connectivity index (χ0v) is 15.1. The van der Waals surface area contributed by atoms with E-state index in [0.717, 1.165) is 6.42 Å². The van der Waals surface area contributed by atoms with Gasteiger partial charge in [0.05, 0.1) is 6.10 Å². The zero-order chi connectivity index (χ0) is 13.8. The highest BCUT2D eigenvalue weighted by atomic mass is 79.9. The van der Waals surface area contributed by atoms with Crippen LogP contribution >= 0.6 is 31.9 Å². The summed E-state index contributed by atoms with van der Waals surface area (Å²) in [7, 11) is -1.77. The molecule has 0 saturated heterocycles. The lowest BCUT2D eigenvalue weighted by Crippen LogP contribution is -2.39. The number of hydrogen-bond donors (Lipinski definition) is 0. The quantitative estimate of drug-likeness (QED) is 0.470. The topological polar surface area (TPSA) is 9.23 Å². The number of hydrogen-bond acceptors (Lipinski definition) is 1. The molecule has 0 N–H and O–H groups in total. The maximum absolute atomic E-state index is 14.0. The lowest BCUT2D eigenvalue weighted by Gasteiger charge is -2.30. The molecule has 1 aromatic rings. The Morgan fingerprint density at radius 1 is 1.22 bits per heavy atom. The van der Waals surface area contributed by atoms with Crippen molar-refractivity contribution in [2.45, 2.75) is 42.1 Å². The third kappa shape index (κ3) is 6.45. The highest BCUT2D eigenvalue weighted by Crippen LogP contribution is 2.37. The fraction of sp³-hybridized carbons (Fsp3) is 0.538. The summed E-state index contributed by atoms with van der Waals surface area (Å²) in [5, 5.41) is 0. The summed E-state index contributed by atoms with van der Waals surface area (Å²) in [6, 6.07) is 10.1. The van der Waals surface area contributed by atoms with Gasteiger partial charge in [-0.25, -0.2) is 4.39 Å². The largest absolute Gasteiger partial charge is 0.410 e. The molecule has 18 heavy (non-hydrogen) atoms. The van der Waals surface area contributed by atoms with Gasteiger partial charge in [-0.2, -0.15) is 0 Å². The van der Waals surface area contributed by atoms with Gasteiger partial charge in [0.2, 0.25) is 3.49 Å². The van der Waals surface area contributed by atoms with Gasteiger partial charge in [0.15, 0.2) is 8.32 Å². The molecule has 0 bridgehead atoms. The summed E-state index contributed by atoms with van der Waals surface area (Å²) < 4.78 is 18.3. The van der Waals surface area contributed by atoms with E-state index >= 15 is 0 Å². The van der Waals surface area contributed by atoms with E-state index in [1.54, 1.807) is 0 Å². The highest BCUT2D eigenvalue weighted by Gasteiger charge is 2.37. The van der Waals surface area contributed by atoms with Gasteiger partial charge in [0.1, 0.15) is 0 Å². The van der Waals surface area contributed by atoms with E-state index in [0.29, 0.717) is 6.42 Å². The van der Waals surface area contributed by atoms with E-state index < -0.39 is 17.9 Å². The fourth-order valence-corrected chi connectivity index (χ4v) is 3.78. The number of aryl methyl sites for hydroxylation is 1. The molecule has 0 spiro atoms. The summed E-state index contributed by atoms with van der Waals surface area (Å²) in [6.45, 7) is 6.19. The molecule has 1 unspecified atom stereocenters. The molecular weight excluding hydrogens is 379 g/mol. The van der Waals surface area contributed by atoms with Crippen LogP contribution in [-0.2, 0) is 10.8 Å². The van der Waals surface area contributed by atoms with Gasteiger partial charge in [-0.05, 0) is 69.9 Å². The average molecular weight is 398 g/mol. The van der Waals surface area contributed by atoms with E-state index in [4.69, 9.17) is 4.43 Å². The summed E-state index contributed by atoms with van der Waals surface area (Å²) in [5.74, 6) is 0. The Kier molecular flexibility index (Phi) is 6.02. The average Bonchev–Trinajstić information content (AvgIpc) is 2.22. The van der Waals surface area contributed by atoms with Gasteiger partial charge >= 0.3 is 0 Å². The Morgan fingerprint density at radius 3 is 2.22 bits per heavy atom. The summed E-state index contributed by atoms with van der Waals surface area (Å²) in [5.41, 5.74) is 1.20. The molecule has 0 saturated carbocycles. The SMILES string of the molecule is C[Si](C)(C)OC(CCc1ccccc1)C(F)(Br)Br. The molecule has 0 aliphatic heterocycles. The van der Waals surface area contributed by atoms with Gasteiger partial charge in [0, 0.05) is 0 Å². The van der Waals surface area contributed by atoms with Crippen LogP contribution < -0.4 is 0 Å². The van der Waals surface area contributed by atoms with Crippen LogP contribution in [0.4, 0.5) is 4.39 Å². The second-order valence-corrected chi connectivity index (χ2v) is 13.1. The number of benzene rings is 1. The fourth-order valence-electron chi connectivity index (χ4n) is 1.66. The number of alkyl halides is 3. The summed E-state index contributed by atoms with van der Waals surface area (Å²) in [4.78, 5) is 0. The van der Waals surface area contributed by atoms with Crippen LogP contribution in [0.1, 0.15) is 12.0 Å². The van der Waals surface area contributed by atoms with E-state index in [1.807, 2.05) is 30.3 Å². The van der Waals surface area contributed by atoms with Crippen LogP contribution in [0.3, 0.4) is 0 Å². The van der Waals surface area contributed by atoms with E-state index in [9.17, 15) is 4.39 Å². The normalized spacial score (nSPS) is 14.6. The molecule has 0 aliphatic rings. The molecule has 0 amide bonds. The molecule has 1 rings (SSSR count). The van der Waals surface area contributed by atoms with Gasteiger partial charge < -0.3 is 4.43 Å². The third-order valence-electron chi connectivity index (χ3n) is 2.40. The van der Waals surface area contributed by atoms with E-state index in [1.165, 1.54) is 5.56 Å². The first-order valence-electron chi connectivity index (χ1n) is 5.97. The summed E-state index contributed by atoms with van der Waals surface area (Å²) in [6.07, 6.45) is 0.963. The first-order valence-corrected chi connectivity index (χ1v) is 11.0. The van der Waals surface area contributed by atoms with Gasteiger partial charge in [0.25, 0.3) is 0 Å². The van der Waals surface area contributed by atoms with Crippen LogP contribution in [0.5, 0.6) is 0 Å². The minimum atomic E-state index is -1.77. The second kappa shape index (κ2) is 6.64. The van der Waals surface area contributed by atoms with Crippen molar-refractivity contribution < 1.29 is 8.82 Å². The highest BCUT2D eigenvalue weighted by molar-refractivity contribution is 9.25. The molecule has 1 nitrogen and oxygen atoms in total. The van der Waals surface area contributed by atoms with Crippen molar-refractivity contribution in [1.29, 1.82) is 0 Å². The maximum Gasteiger partial charge on any atom is 0.243 e. The Hall–Kier alpha value is 0.287. The van der Waals surface area contributed by atoms with E-state index in [2.05, 4.69) is 51.5 Å². The zero-order valence-electron chi connectivity index (χ0n) is 10.9. The lowest BCUT2D eigenvalue weighted by molar-refractivity contribution is 0.122. The molecular formula is C13H19Br2FOSi. The molecule has 102 valence electrons. The van der Waals surface area contributed by atoms with Crippen molar-refractivity contribution in [2.24, 2.45) is 0 Å². The molecule has 5 heteroatoms. The minimum Gasteiger partial charge on any atom is -0.410 e. The van der Waals surface area contributed by atoms with E-state index in [-0.39, 0.29) is 0 Å². The molecule has 0 heterocycles. The van der Waals surface area contributed by atoms with Crippen LogP contribution in [0, 0.1) is 0 Å². The predicted octanol–water partition coefficient (Wildman–Crippen LogP) is 5.25. The Balaban J connectivity index is 2.63. The Labute approximate surface area is 127 Å². The van der Waals surface area contributed by atoms with Gasteiger partial charge in [-0.3, -0.25) is 0 Å². The van der Waals surface area contributed by atoms with Crippen molar-refractivity contribution in [3.63, 3.8) is 0 Å². The first kappa shape index (κ1) is 16.3. The second-order valence-electron chi connectivity index (χ2n) is 5.28. The van der Waals surface area contributed by atoms with Crippen LogP contribution in [0.15, 0.2) is 30.3 Å².